The molecular weight excluding hydrogens is 410 g/mol. The Labute approximate surface area is 168 Å². The molecule has 0 aliphatic heterocycles. The third-order valence-corrected chi connectivity index (χ3v) is 4.90. The standard InChI is InChI=1S/C22H16F6O2/c1-20(2)11-17(29)10-18(19(20)30)13-5-3-12(4-6-13)14-7-15(21(23,24)25)9-16(8-14)22(26,27)28/h3-10H,11H2,1-2H3. The predicted octanol–water partition coefficient (Wildman–Crippen LogP) is 6.34. The van der Waals surface area contributed by atoms with Crippen LogP contribution >= 0.6 is 0 Å². The maximum Gasteiger partial charge on any atom is 0.416 e. The second-order valence-corrected chi connectivity index (χ2v) is 7.79. The molecule has 3 rings (SSSR count). The Hall–Kier alpha value is -2.90. The molecule has 2 aromatic carbocycles. The van der Waals surface area contributed by atoms with E-state index in [1.807, 2.05) is 0 Å². The number of carbonyl (C=O) groups excluding carboxylic acids is 2. The highest BCUT2D eigenvalue weighted by Crippen LogP contribution is 2.39. The molecule has 0 aromatic heterocycles. The van der Waals surface area contributed by atoms with E-state index in [9.17, 15) is 35.9 Å². The number of carbonyl (C=O) groups is 2. The van der Waals surface area contributed by atoms with Gasteiger partial charge in [-0.05, 0) is 41.0 Å². The number of benzene rings is 2. The minimum Gasteiger partial charge on any atom is -0.295 e. The van der Waals surface area contributed by atoms with E-state index in [4.69, 9.17) is 0 Å². The third-order valence-electron chi connectivity index (χ3n) is 4.90. The summed E-state index contributed by atoms with van der Waals surface area (Å²) >= 11 is 0. The van der Waals surface area contributed by atoms with Crippen molar-refractivity contribution in [1.29, 1.82) is 0 Å². The maximum atomic E-state index is 13.1. The van der Waals surface area contributed by atoms with Crippen molar-refractivity contribution in [3.8, 4) is 11.1 Å². The summed E-state index contributed by atoms with van der Waals surface area (Å²) < 4.78 is 78.4. The molecule has 0 bridgehead atoms. The fourth-order valence-electron chi connectivity index (χ4n) is 3.34. The molecule has 0 fully saturated rings. The second kappa shape index (κ2) is 7.11. The largest absolute Gasteiger partial charge is 0.416 e. The van der Waals surface area contributed by atoms with Crippen LogP contribution in [0.15, 0.2) is 48.5 Å². The highest BCUT2D eigenvalue weighted by Gasteiger charge is 2.38. The molecule has 0 N–H and O–H groups in total. The first-order valence-corrected chi connectivity index (χ1v) is 8.88. The predicted molar refractivity (Wildman–Crippen MR) is 98.3 cm³/mol. The summed E-state index contributed by atoms with van der Waals surface area (Å²) in [5, 5.41) is 0. The van der Waals surface area contributed by atoms with Gasteiger partial charge in [-0.15, -0.1) is 0 Å². The number of allylic oxidation sites excluding steroid dienone is 2. The molecule has 0 unspecified atom stereocenters. The first-order valence-electron chi connectivity index (χ1n) is 8.88. The van der Waals surface area contributed by atoms with E-state index in [-0.39, 0.29) is 40.8 Å². The van der Waals surface area contributed by atoms with Crippen LogP contribution < -0.4 is 0 Å². The molecular formula is C22H16F6O2. The zero-order valence-corrected chi connectivity index (χ0v) is 15.9. The number of alkyl halides is 6. The van der Waals surface area contributed by atoms with Gasteiger partial charge < -0.3 is 0 Å². The lowest BCUT2D eigenvalue weighted by molar-refractivity contribution is -0.143. The molecule has 1 aliphatic carbocycles. The van der Waals surface area contributed by atoms with Gasteiger partial charge in [-0.2, -0.15) is 26.3 Å². The van der Waals surface area contributed by atoms with Gasteiger partial charge in [0.1, 0.15) is 0 Å². The number of ketones is 2. The van der Waals surface area contributed by atoms with Crippen molar-refractivity contribution in [2.45, 2.75) is 32.6 Å². The van der Waals surface area contributed by atoms with E-state index in [0.717, 1.165) is 0 Å². The SMILES string of the molecule is CC1(C)CC(=O)C=C(c2ccc(-c3cc(C(F)(F)F)cc(C(F)(F)F)c3)cc2)C1=O. The molecule has 0 amide bonds. The monoisotopic (exact) mass is 426 g/mol. The number of halogens is 6. The van der Waals surface area contributed by atoms with Gasteiger partial charge in [0.2, 0.25) is 0 Å². The lowest BCUT2D eigenvalue weighted by Crippen LogP contribution is -2.31. The lowest BCUT2D eigenvalue weighted by atomic mass is 9.74. The molecule has 0 saturated heterocycles. The first kappa shape index (κ1) is 21.8. The summed E-state index contributed by atoms with van der Waals surface area (Å²) in [4.78, 5) is 24.5. The van der Waals surface area contributed by atoms with Crippen LogP contribution in [0.3, 0.4) is 0 Å². The quantitative estimate of drug-likeness (QED) is 0.525. The van der Waals surface area contributed by atoms with Crippen molar-refractivity contribution in [3.63, 3.8) is 0 Å². The van der Waals surface area contributed by atoms with Crippen LogP contribution in [0, 0.1) is 5.41 Å². The van der Waals surface area contributed by atoms with E-state index in [2.05, 4.69) is 0 Å². The van der Waals surface area contributed by atoms with Crippen LogP contribution in [0.4, 0.5) is 26.3 Å². The Morgan fingerprint density at radius 2 is 1.20 bits per heavy atom. The van der Waals surface area contributed by atoms with Gasteiger partial charge in [0, 0.05) is 17.4 Å². The van der Waals surface area contributed by atoms with E-state index >= 15 is 0 Å². The molecule has 158 valence electrons. The van der Waals surface area contributed by atoms with Crippen LogP contribution in [0.1, 0.15) is 37.0 Å². The van der Waals surface area contributed by atoms with Crippen molar-refractivity contribution in [1.82, 2.24) is 0 Å². The Morgan fingerprint density at radius 3 is 1.67 bits per heavy atom. The summed E-state index contributed by atoms with van der Waals surface area (Å²) in [6, 6.07) is 6.81. The minimum atomic E-state index is -4.94. The van der Waals surface area contributed by atoms with Crippen molar-refractivity contribution < 1.29 is 35.9 Å². The highest BCUT2D eigenvalue weighted by molar-refractivity contribution is 6.30. The molecule has 0 saturated carbocycles. The number of hydrogen-bond donors (Lipinski definition) is 0. The third kappa shape index (κ3) is 4.32. The zero-order valence-electron chi connectivity index (χ0n) is 15.9. The normalized spacial score (nSPS) is 17.1. The summed E-state index contributed by atoms with van der Waals surface area (Å²) in [5.41, 5.74) is -3.31. The fourth-order valence-corrected chi connectivity index (χ4v) is 3.34. The van der Waals surface area contributed by atoms with Gasteiger partial charge in [-0.25, -0.2) is 0 Å². The number of rotatable bonds is 2. The van der Waals surface area contributed by atoms with Gasteiger partial charge in [0.15, 0.2) is 11.6 Å². The van der Waals surface area contributed by atoms with Gasteiger partial charge in [-0.1, -0.05) is 38.1 Å². The van der Waals surface area contributed by atoms with E-state index in [1.165, 1.54) is 30.3 Å². The van der Waals surface area contributed by atoms with Crippen LogP contribution in [-0.4, -0.2) is 11.6 Å². The molecule has 2 nitrogen and oxygen atoms in total. The highest BCUT2D eigenvalue weighted by atomic mass is 19.4. The van der Waals surface area contributed by atoms with E-state index in [0.29, 0.717) is 17.7 Å². The Kier molecular flexibility index (Phi) is 5.16. The Bertz CT molecular complexity index is 1010. The molecule has 0 radical (unpaired) electrons. The van der Waals surface area contributed by atoms with Crippen molar-refractivity contribution in [3.05, 3.63) is 65.2 Å². The van der Waals surface area contributed by atoms with E-state index < -0.39 is 28.9 Å². The van der Waals surface area contributed by atoms with Gasteiger partial charge in [0.05, 0.1) is 11.1 Å². The molecule has 8 heteroatoms. The molecule has 0 heterocycles. The van der Waals surface area contributed by atoms with Crippen molar-refractivity contribution >= 4 is 17.1 Å². The second-order valence-electron chi connectivity index (χ2n) is 7.79. The van der Waals surface area contributed by atoms with Crippen molar-refractivity contribution in [2.75, 3.05) is 0 Å². The summed E-state index contributed by atoms with van der Waals surface area (Å²) in [7, 11) is 0. The average Bonchev–Trinajstić information content (AvgIpc) is 2.63. The lowest BCUT2D eigenvalue weighted by Gasteiger charge is -2.27. The van der Waals surface area contributed by atoms with Gasteiger partial charge in [0.25, 0.3) is 0 Å². The maximum absolute atomic E-state index is 13.1. The summed E-state index contributed by atoms with van der Waals surface area (Å²) in [6.07, 6.45) is -8.60. The number of hydrogen-bond acceptors (Lipinski definition) is 2. The van der Waals surface area contributed by atoms with Crippen LogP contribution in [-0.2, 0) is 21.9 Å². The van der Waals surface area contributed by atoms with Gasteiger partial charge in [-0.3, -0.25) is 9.59 Å². The van der Waals surface area contributed by atoms with Crippen molar-refractivity contribution in [2.24, 2.45) is 5.41 Å². The summed E-state index contributed by atoms with van der Waals surface area (Å²) in [5.74, 6) is -0.486. The van der Waals surface area contributed by atoms with Crippen LogP contribution in [0.25, 0.3) is 16.7 Å². The fraction of sp³-hybridized carbons (Fsp3) is 0.273. The summed E-state index contributed by atoms with van der Waals surface area (Å²) in [6.45, 7) is 3.27. The molecule has 0 atom stereocenters. The molecule has 1 aliphatic rings. The zero-order chi connectivity index (χ0) is 22.5. The molecule has 30 heavy (non-hydrogen) atoms. The van der Waals surface area contributed by atoms with E-state index in [1.54, 1.807) is 13.8 Å². The van der Waals surface area contributed by atoms with Crippen LogP contribution in [0.5, 0.6) is 0 Å². The smallest absolute Gasteiger partial charge is 0.295 e. The minimum absolute atomic E-state index is 0.0665. The number of Topliss-reactive ketones (excluding diaryl/α,β-unsaturated/α-hetero) is 1. The Balaban J connectivity index is 2.05. The molecule has 0 spiro atoms. The van der Waals surface area contributed by atoms with Crippen LogP contribution in [0.2, 0.25) is 0 Å². The first-order chi connectivity index (χ1) is 13.7. The Morgan fingerprint density at radius 1 is 0.733 bits per heavy atom. The topological polar surface area (TPSA) is 34.1 Å². The molecule has 2 aromatic rings. The average molecular weight is 426 g/mol. The van der Waals surface area contributed by atoms with Gasteiger partial charge >= 0.3 is 12.4 Å².